The first-order chi connectivity index (χ1) is 10.5. The predicted molar refractivity (Wildman–Crippen MR) is 82.0 cm³/mol. The van der Waals surface area contributed by atoms with Crippen LogP contribution in [0.25, 0.3) is 0 Å². The molecule has 1 amide bonds. The van der Waals surface area contributed by atoms with Crippen LogP contribution in [0, 0.1) is 0 Å². The fourth-order valence-corrected chi connectivity index (χ4v) is 2.59. The van der Waals surface area contributed by atoms with Crippen LogP contribution in [0.1, 0.15) is 24.2 Å². The van der Waals surface area contributed by atoms with Crippen LogP contribution in [0.3, 0.4) is 0 Å². The normalized spacial score (nSPS) is 21.4. The topological polar surface area (TPSA) is 57.2 Å². The second kappa shape index (κ2) is 6.87. The monoisotopic (exact) mass is 309 g/mol. The fraction of sp³-hybridized carbons (Fsp3) is 0.562. The van der Waals surface area contributed by atoms with Crippen molar-refractivity contribution in [3.8, 4) is 17.2 Å². The lowest BCUT2D eigenvalue weighted by Crippen LogP contribution is -2.51. The Bertz CT molecular complexity index is 520. The Morgan fingerprint density at radius 3 is 2.23 bits per heavy atom. The molecule has 0 aliphatic carbocycles. The highest BCUT2D eigenvalue weighted by Gasteiger charge is 2.30. The van der Waals surface area contributed by atoms with Gasteiger partial charge in [-0.1, -0.05) is 0 Å². The van der Waals surface area contributed by atoms with E-state index in [1.807, 2.05) is 18.7 Å². The molecule has 6 heteroatoms. The molecule has 122 valence electrons. The van der Waals surface area contributed by atoms with Crippen LogP contribution in [0.2, 0.25) is 0 Å². The van der Waals surface area contributed by atoms with Gasteiger partial charge < -0.3 is 23.8 Å². The SMILES string of the molecule is COc1cc(C(=O)N2CCOC(C)C2C)cc(OC)c1OC. The standard InChI is InChI=1S/C16H23NO5/c1-10-11(2)22-7-6-17(10)16(18)12-8-13(19-3)15(21-5)14(9-12)20-4/h8-11H,6-7H2,1-5H3. The molecule has 0 N–H and O–H groups in total. The zero-order valence-electron chi connectivity index (χ0n) is 13.7. The molecular formula is C16H23NO5. The number of carbonyl (C=O) groups excluding carboxylic acids is 1. The Hall–Kier alpha value is -1.95. The number of rotatable bonds is 4. The third-order valence-corrected chi connectivity index (χ3v) is 4.06. The lowest BCUT2D eigenvalue weighted by Gasteiger charge is -2.38. The highest BCUT2D eigenvalue weighted by Crippen LogP contribution is 2.38. The molecule has 1 aromatic rings. The number of hydrogen-bond acceptors (Lipinski definition) is 5. The number of benzene rings is 1. The number of ether oxygens (including phenoxy) is 4. The van der Waals surface area contributed by atoms with Crippen molar-refractivity contribution in [1.82, 2.24) is 4.90 Å². The maximum Gasteiger partial charge on any atom is 0.254 e. The third-order valence-electron chi connectivity index (χ3n) is 4.06. The van der Waals surface area contributed by atoms with Crippen molar-refractivity contribution >= 4 is 5.91 Å². The van der Waals surface area contributed by atoms with E-state index in [0.29, 0.717) is 36.0 Å². The largest absolute Gasteiger partial charge is 0.493 e. The molecule has 2 atom stereocenters. The van der Waals surface area contributed by atoms with Crippen LogP contribution < -0.4 is 14.2 Å². The zero-order valence-corrected chi connectivity index (χ0v) is 13.7. The molecule has 0 saturated carbocycles. The van der Waals surface area contributed by atoms with E-state index in [2.05, 4.69) is 0 Å². The molecule has 6 nitrogen and oxygen atoms in total. The quantitative estimate of drug-likeness (QED) is 0.851. The molecular weight excluding hydrogens is 286 g/mol. The minimum atomic E-state index is -0.0677. The van der Waals surface area contributed by atoms with Gasteiger partial charge in [0.25, 0.3) is 5.91 Å². The highest BCUT2D eigenvalue weighted by atomic mass is 16.5. The molecule has 0 spiro atoms. The van der Waals surface area contributed by atoms with Crippen molar-refractivity contribution in [1.29, 1.82) is 0 Å². The molecule has 1 aliphatic heterocycles. The van der Waals surface area contributed by atoms with Crippen molar-refractivity contribution in [2.75, 3.05) is 34.5 Å². The van der Waals surface area contributed by atoms with E-state index in [1.165, 1.54) is 21.3 Å². The Kier molecular flexibility index (Phi) is 5.13. The zero-order chi connectivity index (χ0) is 16.3. The maximum atomic E-state index is 12.8. The van der Waals surface area contributed by atoms with Crippen LogP contribution in [0.4, 0.5) is 0 Å². The Morgan fingerprint density at radius 1 is 1.14 bits per heavy atom. The Balaban J connectivity index is 2.37. The predicted octanol–water partition coefficient (Wildman–Crippen LogP) is 1.96. The summed E-state index contributed by atoms with van der Waals surface area (Å²) in [6.45, 7) is 5.07. The van der Waals surface area contributed by atoms with E-state index in [0.717, 1.165) is 0 Å². The molecule has 1 saturated heterocycles. The number of carbonyl (C=O) groups is 1. The first-order valence-electron chi connectivity index (χ1n) is 7.26. The Morgan fingerprint density at radius 2 is 1.73 bits per heavy atom. The first kappa shape index (κ1) is 16.4. The van der Waals surface area contributed by atoms with Gasteiger partial charge in [0.05, 0.1) is 40.1 Å². The van der Waals surface area contributed by atoms with Gasteiger partial charge in [-0.15, -0.1) is 0 Å². The first-order valence-corrected chi connectivity index (χ1v) is 7.26. The van der Waals surface area contributed by atoms with E-state index in [9.17, 15) is 4.79 Å². The molecule has 22 heavy (non-hydrogen) atoms. The summed E-state index contributed by atoms with van der Waals surface area (Å²) < 4.78 is 21.5. The average molecular weight is 309 g/mol. The van der Waals surface area contributed by atoms with Crippen LogP contribution in [-0.2, 0) is 4.74 Å². The van der Waals surface area contributed by atoms with Gasteiger partial charge in [-0.3, -0.25) is 4.79 Å². The lowest BCUT2D eigenvalue weighted by atomic mass is 10.1. The molecule has 1 aliphatic rings. The molecule has 2 rings (SSSR count). The minimum absolute atomic E-state index is 0.0136. The van der Waals surface area contributed by atoms with E-state index in [4.69, 9.17) is 18.9 Å². The Labute approximate surface area is 130 Å². The number of methoxy groups -OCH3 is 3. The fourth-order valence-electron chi connectivity index (χ4n) is 2.59. The van der Waals surface area contributed by atoms with Crippen LogP contribution in [0.15, 0.2) is 12.1 Å². The molecule has 1 heterocycles. The number of morpholine rings is 1. The summed E-state index contributed by atoms with van der Waals surface area (Å²) in [6, 6.07) is 3.37. The smallest absolute Gasteiger partial charge is 0.254 e. The lowest BCUT2D eigenvalue weighted by molar-refractivity contribution is -0.0440. The summed E-state index contributed by atoms with van der Waals surface area (Å²) in [4.78, 5) is 14.6. The van der Waals surface area contributed by atoms with Gasteiger partial charge >= 0.3 is 0 Å². The van der Waals surface area contributed by atoms with Crippen molar-refractivity contribution in [3.63, 3.8) is 0 Å². The van der Waals surface area contributed by atoms with Gasteiger partial charge in [0.2, 0.25) is 5.75 Å². The summed E-state index contributed by atoms with van der Waals surface area (Å²) >= 11 is 0. The number of nitrogens with zero attached hydrogens (tertiary/aromatic N) is 1. The number of hydrogen-bond donors (Lipinski definition) is 0. The molecule has 1 fully saturated rings. The van der Waals surface area contributed by atoms with Gasteiger partial charge in [0.1, 0.15) is 0 Å². The second-order valence-corrected chi connectivity index (χ2v) is 5.23. The van der Waals surface area contributed by atoms with Crippen molar-refractivity contribution in [2.24, 2.45) is 0 Å². The van der Waals surface area contributed by atoms with Crippen LogP contribution in [0.5, 0.6) is 17.2 Å². The van der Waals surface area contributed by atoms with Crippen molar-refractivity contribution in [3.05, 3.63) is 17.7 Å². The summed E-state index contributed by atoms with van der Waals surface area (Å²) in [5.74, 6) is 1.35. The molecule has 0 aromatic heterocycles. The van der Waals surface area contributed by atoms with E-state index in [-0.39, 0.29) is 18.1 Å². The maximum absolute atomic E-state index is 12.8. The van der Waals surface area contributed by atoms with E-state index < -0.39 is 0 Å². The van der Waals surface area contributed by atoms with Gasteiger partial charge in [-0.05, 0) is 26.0 Å². The minimum Gasteiger partial charge on any atom is -0.493 e. The highest BCUT2D eigenvalue weighted by molar-refractivity contribution is 5.96. The summed E-state index contributed by atoms with van der Waals surface area (Å²) in [5.41, 5.74) is 0.510. The van der Waals surface area contributed by atoms with Crippen LogP contribution in [-0.4, -0.2) is 57.4 Å². The summed E-state index contributed by atoms with van der Waals surface area (Å²) in [7, 11) is 4.60. The molecule has 0 bridgehead atoms. The third kappa shape index (κ3) is 2.97. The van der Waals surface area contributed by atoms with Gasteiger partial charge in [0.15, 0.2) is 11.5 Å². The van der Waals surface area contributed by atoms with Crippen molar-refractivity contribution in [2.45, 2.75) is 26.0 Å². The molecule has 2 unspecified atom stereocenters. The second-order valence-electron chi connectivity index (χ2n) is 5.23. The van der Waals surface area contributed by atoms with Crippen LogP contribution >= 0.6 is 0 Å². The average Bonchev–Trinajstić information content (AvgIpc) is 2.55. The van der Waals surface area contributed by atoms with E-state index in [1.54, 1.807) is 12.1 Å². The summed E-state index contributed by atoms with van der Waals surface area (Å²) in [6.07, 6.45) is 0.0136. The number of amides is 1. The van der Waals surface area contributed by atoms with Crippen molar-refractivity contribution < 1.29 is 23.7 Å². The van der Waals surface area contributed by atoms with Gasteiger partial charge in [-0.25, -0.2) is 0 Å². The molecule has 1 aromatic carbocycles. The van der Waals surface area contributed by atoms with Gasteiger partial charge in [0, 0.05) is 12.1 Å². The molecule has 0 radical (unpaired) electrons. The van der Waals surface area contributed by atoms with E-state index >= 15 is 0 Å². The summed E-state index contributed by atoms with van der Waals surface area (Å²) in [5, 5.41) is 0. The van der Waals surface area contributed by atoms with Gasteiger partial charge in [-0.2, -0.15) is 0 Å².